The molecule has 2 N–H and O–H groups in total. The summed E-state index contributed by atoms with van der Waals surface area (Å²) in [5.74, 6) is -0.210. The molecule has 2 aliphatic carbocycles. The average molecular weight is 421 g/mol. The molecule has 4 heteroatoms. The van der Waals surface area contributed by atoms with Crippen LogP contribution in [0, 0.1) is 28.6 Å². The van der Waals surface area contributed by atoms with Gasteiger partial charge >= 0.3 is 11.9 Å². The van der Waals surface area contributed by atoms with Crippen molar-refractivity contribution in [2.75, 3.05) is 0 Å². The van der Waals surface area contributed by atoms with Crippen LogP contribution >= 0.6 is 0 Å². The molecule has 0 aromatic carbocycles. The van der Waals surface area contributed by atoms with Gasteiger partial charge in [-0.25, -0.2) is 9.59 Å². The van der Waals surface area contributed by atoms with Gasteiger partial charge in [0.1, 0.15) is 0 Å². The molecule has 0 radical (unpaired) electrons. The van der Waals surface area contributed by atoms with E-state index in [1.165, 1.54) is 38.5 Å². The first-order valence-corrected chi connectivity index (χ1v) is 11.8. The number of hydrogen-bond acceptors (Lipinski definition) is 2. The molecule has 2 aliphatic rings. The molecule has 2 saturated carbocycles. The van der Waals surface area contributed by atoms with Crippen LogP contribution in [-0.4, -0.2) is 22.2 Å². The Bertz CT molecular complexity index is 645. The summed E-state index contributed by atoms with van der Waals surface area (Å²) >= 11 is 0. The van der Waals surface area contributed by atoms with Crippen LogP contribution in [0.5, 0.6) is 0 Å². The minimum atomic E-state index is -0.840. The zero-order chi connectivity index (χ0) is 23.1. The first-order valence-electron chi connectivity index (χ1n) is 11.8. The maximum atomic E-state index is 10.9. The molecule has 0 aromatic heterocycles. The van der Waals surface area contributed by atoms with Gasteiger partial charge in [0.25, 0.3) is 0 Å². The highest BCUT2D eigenvalue weighted by Crippen LogP contribution is 2.68. The predicted molar refractivity (Wildman–Crippen MR) is 123 cm³/mol. The molecule has 2 bridgehead atoms. The molecular formula is C26H44O4. The van der Waals surface area contributed by atoms with Crippen molar-refractivity contribution >= 4 is 11.9 Å². The molecule has 2 fully saturated rings. The molecule has 0 saturated heterocycles. The maximum absolute atomic E-state index is 10.9. The fourth-order valence-corrected chi connectivity index (χ4v) is 5.51. The first kappa shape index (κ1) is 26.5. The number of carboxylic acids is 2. The number of allylic oxidation sites excluding steroid dienone is 1. The van der Waals surface area contributed by atoms with Crippen molar-refractivity contribution in [1.29, 1.82) is 0 Å². The Morgan fingerprint density at radius 2 is 1.73 bits per heavy atom. The number of aliphatic carboxylic acids is 2. The summed E-state index contributed by atoms with van der Waals surface area (Å²) in [4.78, 5) is 21.6. The van der Waals surface area contributed by atoms with Gasteiger partial charge in [-0.15, -0.1) is 0 Å². The van der Waals surface area contributed by atoms with Crippen LogP contribution in [0.3, 0.4) is 0 Å². The van der Waals surface area contributed by atoms with E-state index in [9.17, 15) is 9.59 Å². The van der Waals surface area contributed by atoms with Gasteiger partial charge < -0.3 is 10.2 Å². The van der Waals surface area contributed by atoms with Gasteiger partial charge in [0.15, 0.2) is 0 Å². The summed E-state index contributed by atoms with van der Waals surface area (Å²) in [6.45, 7) is 16.6. The average Bonchev–Trinajstić information content (AvgIpc) is 3.01. The summed E-state index contributed by atoms with van der Waals surface area (Å²) < 4.78 is 0. The van der Waals surface area contributed by atoms with Crippen molar-refractivity contribution in [2.24, 2.45) is 28.6 Å². The Labute approximate surface area is 183 Å². The third-order valence-corrected chi connectivity index (χ3v) is 8.32. The number of unbranched alkanes of at least 4 members (excludes halogenated alkanes) is 3. The molecule has 30 heavy (non-hydrogen) atoms. The number of fused-ring (bicyclic) bond motifs is 2. The molecule has 2 rings (SSSR count). The van der Waals surface area contributed by atoms with Crippen LogP contribution in [0.2, 0.25) is 0 Å². The summed E-state index contributed by atoms with van der Waals surface area (Å²) in [5, 5.41) is 17.7. The highest BCUT2D eigenvalue weighted by atomic mass is 16.4. The Morgan fingerprint density at radius 1 is 1.10 bits per heavy atom. The Hall–Kier alpha value is -1.58. The third kappa shape index (κ3) is 5.98. The highest BCUT2D eigenvalue weighted by molar-refractivity contribution is 5.86. The van der Waals surface area contributed by atoms with E-state index in [0.29, 0.717) is 27.9 Å². The van der Waals surface area contributed by atoms with Gasteiger partial charge in [-0.3, -0.25) is 0 Å². The van der Waals surface area contributed by atoms with E-state index in [1.807, 2.05) is 13.0 Å². The highest BCUT2D eigenvalue weighted by Gasteiger charge is 2.60. The molecule has 172 valence electrons. The predicted octanol–water partition coefficient (Wildman–Crippen LogP) is 7.10. The lowest BCUT2D eigenvalue weighted by Crippen LogP contribution is -2.31. The van der Waals surface area contributed by atoms with Gasteiger partial charge in [-0.1, -0.05) is 73.0 Å². The van der Waals surface area contributed by atoms with E-state index < -0.39 is 11.9 Å². The van der Waals surface area contributed by atoms with Gasteiger partial charge in [0.05, 0.1) is 0 Å². The monoisotopic (exact) mass is 420 g/mol. The quantitative estimate of drug-likeness (QED) is 0.292. The van der Waals surface area contributed by atoms with Gasteiger partial charge in [-0.05, 0) is 67.6 Å². The second kappa shape index (κ2) is 11.2. The normalized spacial score (nSPS) is 27.9. The Kier molecular flexibility index (Phi) is 9.84. The lowest BCUT2D eigenvalue weighted by Gasteiger charge is -2.38. The smallest absolute Gasteiger partial charge is 0.331 e. The summed E-state index contributed by atoms with van der Waals surface area (Å²) in [6, 6.07) is 0. The Morgan fingerprint density at radius 3 is 2.13 bits per heavy atom. The van der Waals surface area contributed by atoms with Crippen molar-refractivity contribution in [3.05, 3.63) is 23.8 Å². The van der Waals surface area contributed by atoms with Crippen LogP contribution in [0.15, 0.2) is 23.8 Å². The summed E-state index contributed by atoms with van der Waals surface area (Å²) in [5.41, 5.74) is 1.56. The number of carboxylic acid groups (broad SMARTS) is 2. The number of hydrogen-bond donors (Lipinski definition) is 2. The van der Waals surface area contributed by atoms with Crippen LogP contribution in [-0.2, 0) is 9.59 Å². The standard InChI is InChI=1S/C14H22O2.C12H22O2/c1-9(12(15)16)7-11-8-10-5-6-14(11,4)13(10,2)3;1-4-6-7-8-9-11(5-2)10(3)12(13)14/h7,10-11H,5-6,8H2,1-4H3,(H,15,16);11H,3-9H2,1-2H3,(H,13,14). The number of carbonyl (C=O) groups is 2. The molecular weight excluding hydrogens is 376 g/mol. The maximum Gasteiger partial charge on any atom is 0.331 e. The van der Waals surface area contributed by atoms with Crippen molar-refractivity contribution in [2.45, 2.75) is 99.3 Å². The SMILES string of the molecule is C=C(C(=O)O)C(CC)CCCCCC.CC(=CC1CC2CCC1(C)C2(C)C)C(=O)O. The minimum Gasteiger partial charge on any atom is -0.478 e. The molecule has 0 spiro atoms. The third-order valence-electron chi connectivity index (χ3n) is 8.32. The molecule has 0 heterocycles. The van der Waals surface area contributed by atoms with Crippen LogP contribution in [0.4, 0.5) is 0 Å². The van der Waals surface area contributed by atoms with Gasteiger partial charge in [0.2, 0.25) is 0 Å². The second-order valence-corrected chi connectivity index (χ2v) is 10.2. The fourth-order valence-electron chi connectivity index (χ4n) is 5.51. The second-order valence-electron chi connectivity index (χ2n) is 10.2. The zero-order valence-electron chi connectivity index (χ0n) is 20.1. The van der Waals surface area contributed by atoms with Crippen LogP contribution in [0.1, 0.15) is 99.3 Å². The molecule has 4 unspecified atom stereocenters. The van der Waals surface area contributed by atoms with Crippen molar-refractivity contribution < 1.29 is 19.8 Å². The van der Waals surface area contributed by atoms with Crippen molar-refractivity contribution in [3.8, 4) is 0 Å². The van der Waals surface area contributed by atoms with E-state index in [4.69, 9.17) is 10.2 Å². The largest absolute Gasteiger partial charge is 0.478 e. The minimum absolute atomic E-state index is 0.171. The molecule has 0 amide bonds. The lowest BCUT2D eigenvalue weighted by molar-refractivity contribution is -0.134. The van der Waals surface area contributed by atoms with Crippen molar-refractivity contribution in [3.63, 3.8) is 0 Å². The Balaban J connectivity index is 0.000000304. The molecule has 4 atom stereocenters. The first-order chi connectivity index (χ1) is 13.9. The van der Waals surface area contributed by atoms with Crippen LogP contribution < -0.4 is 0 Å². The summed E-state index contributed by atoms with van der Waals surface area (Å²) in [7, 11) is 0. The van der Waals surface area contributed by atoms with E-state index in [2.05, 4.69) is 34.3 Å². The molecule has 0 aliphatic heterocycles. The zero-order valence-corrected chi connectivity index (χ0v) is 20.1. The van der Waals surface area contributed by atoms with Gasteiger partial charge in [0, 0.05) is 11.1 Å². The lowest BCUT2D eigenvalue weighted by atomic mass is 9.66. The van der Waals surface area contributed by atoms with Gasteiger partial charge in [-0.2, -0.15) is 0 Å². The molecule has 0 aromatic rings. The van der Waals surface area contributed by atoms with E-state index in [0.717, 1.165) is 25.2 Å². The van der Waals surface area contributed by atoms with E-state index in [1.54, 1.807) is 6.92 Å². The van der Waals surface area contributed by atoms with Crippen molar-refractivity contribution in [1.82, 2.24) is 0 Å². The fraction of sp³-hybridized carbons (Fsp3) is 0.769. The topological polar surface area (TPSA) is 74.6 Å². The summed E-state index contributed by atoms with van der Waals surface area (Å²) in [6.07, 6.45) is 12.4. The number of rotatable bonds is 10. The van der Waals surface area contributed by atoms with E-state index >= 15 is 0 Å². The van der Waals surface area contributed by atoms with E-state index in [-0.39, 0.29) is 5.92 Å². The van der Waals surface area contributed by atoms with Crippen LogP contribution in [0.25, 0.3) is 0 Å². The molecule has 4 nitrogen and oxygen atoms in total.